The monoisotopic (exact) mass is 221 g/mol. The fourth-order valence-corrected chi connectivity index (χ4v) is 1.50. The van der Waals surface area contributed by atoms with Gasteiger partial charge in [-0.15, -0.1) is 0 Å². The van der Waals surface area contributed by atoms with Gasteiger partial charge in [-0.1, -0.05) is 11.6 Å². The maximum atomic E-state index is 13.3. The molecule has 3 N–H and O–H groups in total. The summed E-state index contributed by atoms with van der Waals surface area (Å²) >= 11 is 5.56. The summed E-state index contributed by atoms with van der Waals surface area (Å²) in [5.74, 6) is -1.48. The van der Waals surface area contributed by atoms with E-state index in [1.54, 1.807) is 0 Å². The molecule has 1 aromatic rings. The fraction of sp³-hybridized carbons (Fsp3) is 0.333. The average Bonchev–Trinajstić information content (AvgIpc) is 2.12. The van der Waals surface area contributed by atoms with Crippen molar-refractivity contribution in [3.63, 3.8) is 0 Å². The Hall–Kier alpha value is -0.710. The minimum atomic E-state index is -1.39. The van der Waals surface area contributed by atoms with Gasteiger partial charge in [0.2, 0.25) is 0 Å². The van der Waals surface area contributed by atoms with Gasteiger partial charge in [0.1, 0.15) is 11.6 Å². The lowest BCUT2D eigenvalue weighted by molar-refractivity contribution is 0.206. The molecule has 2 nitrogen and oxygen atoms in total. The van der Waals surface area contributed by atoms with E-state index in [2.05, 4.69) is 0 Å². The van der Waals surface area contributed by atoms with Crippen molar-refractivity contribution in [2.75, 3.05) is 6.61 Å². The second-order valence-electron chi connectivity index (χ2n) is 3.29. The van der Waals surface area contributed by atoms with Gasteiger partial charge in [0.15, 0.2) is 0 Å². The molecule has 0 amide bonds. The average molecular weight is 222 g/mol. The van der Waals surface area contributed by atoms with E-state index in [0.29, 0.717) is 0 Å². The normalized spacial score (nSPS) is 15.3. The van der Waals surface area contributed by atoms with Gasteiger partial charge < -0.3 is 10.8 Å². The Morgan fingerprint density at radius 2 is 1.93 bits per heavy atom. The molecule has 0 spiro atoms. The molecule has 5 heteroatoms. The van der Waals surface area contributed by atoms with E-state index in [1.807, 2.05) is 0 Å². The highest BCUT2D eigenvalue weighted by Gasteiger charge is 2.28. The van der Waals surface area contributed by atoms with Crippen molar-refractivity contribution in [3.8, 4) is 0 Å². The lowest BCUT2D eigenvalue weighted by atomic mass is 9.93. The third-order valence-electron chi connectivity index (χ3n) is 1.94. The molecule has 0 bridgehead atoms. The Labute approximate surface area is 85.3 Å². The van der Waals surface area contributed by atoms with Crippen LogP contribution < -0.4 is 5.73 Å². The smallest absolute Gasteiger partial charge is 0.142 e. The number of halogens is 3. The predicted octanol–water partition coefficient (Wildman–Crippen LogP) is 1.78. The zero-order chi connectivity index (χ0) is 10.9. The summed E-state index contributed by atoms with van der Waals surface area (Å²) in [5, 5.41) is 8.53. The van der Waals surface area contributed by atoms with Crippen LogP contribution in [0.2, 0.25) is 5.02 Å². The Balaban J connectivity index is 3.40. The fourth-order valence-electron chi connectivity index (χ4n) is 1.13. The van der Waals surface area contributed by atoms with Crippen LogP contribution in [0.25, 0.3) is 0 Å². The van der Waals surface area contributed by atoms with E-state index in [0.717, 1.165) is 12.1 Å². The van der Waals surface area contributed by atoms with Gasteiger partial charge in [-0.2, -0.15) is 0 Å². The highest BCUT2D eigenvalue weighted by atomic mass is 35.5. The number of aliphatic hydroxyl groups is 1. The lowest BCUT2D eigenvalue weighted by Crippen LogP contribution is -2.38. The van der Waals surface area contributed by atoms with E-state index in [1.165, 1.54) is 6.92 Å². The summed E-state index contributed by atoms with van der Waals surface area (Å²) in [6.45, 7) is 0.851. The second-order valence-corrected chi connectivity index (χ2v) is 3.67. The zero-order valence-corrected chi connectivity index (χ0v) is 8.28. The first-order valence-electron chi connectivity index (χ1n) is 3.94. The molecule has 1 aromatic carbocycles. The number of hydrogen-bond donors (Lipinski definition) is 2. The second kappa shape index (κ2) is 3.81. The number of benzene rings is 1. The van der Waals surface area contributed by atoms with Crippen LogP contribution in [0, 0.1) is 11.6 Å². The molecule has 0 aliphatic rings. The minimum Gasteiger partial charge on any atom is -0.394 e. The summed E-state index contributed by atoms with van der Waals surface area (Å²) in [5.41, 5.74) is 3.97. The van der Waals surface area contributed by atoms with E-state index >= 15 is 0 Å². The van der Waals surface area contributed by atoms with E-state index in [9.17, 15) is 8.78 Å². The number of nitrogens with two attached hydrogens (primary N) is 1. The highest BCUT2D eigenvalue weighted by molar-refractivity contribution is 6.31. The summed E-state index contributed by atoms with van der Waals surface area (Å²) < 4.78 is 26.3. The lowest BCUT2D eigenvalue weighted by Gasteiger charge is -2.24. The number of aliphatic hydroxyl groups excluding tert-OH is 1. The maximum absolute atomic E-state index is 13.3. The number of hydrogen-bond acceptors (Lipinski definition) is 2. The standard InChI is InChI=1S/C9H10ClF2NO/c1-9(13,4-14)7-5(11)2-3-6(12)8(7)10/h2-3,14H,4,13H2,1H3. The Bertz CT molecular complexity index is 355. The van der Waals surface area contributed by atoms with Gasteiger partial charge in [0.25, 0.3) is 0 Å². The molecular weight excluding hydrogens is 212 g/mol. The molecule has 78 valence electrons. The van der Waals surface area contributed by atoms with Crippen LogP contribution in [-0.4, -0.2) is 11.7 Å². The van der Waals surface area contributed by atoms with Crippen LogP contribution in [0.3, 0.4) is 0 Å². The van der Waals surface area contributed by atoms with Crippen LogP contribution in [0.5, 0.6) is 0 Å². The van der Waals surface area contributed by atoms with Crippen LogP contribution in [0.15, 0.2) is 12.1 Å². The van der Waals surface area contributed by atoms with Crippen molar-refractivity contribution in [1.29, 1.82) is 0 Å². The van der Waals surface area contributed by atoms with Crippen molar-refractivity contribution in [3.05, 3.63) is 34.4 Å². The summed E-state index contributed by atoms with van der Waals surface area (Å²) in [4.78, 5) is 0. The molecule has 0 saturated carbocycles. The predicted molar refractivity (Wildman–Crippen MR) is 50.0 cm³/mol. The van der Waals surface area contributed by atoms with E-state index < -0.39 is 23.8 Å². The summed E-state index contributed by atoms with van der Waals surface area (Å²) in [6.07, 6.45) is 0. The first kappa shape index (κ1) is 11.4. The largest absolute Gasteiger partial charge is 0.394 e. The highest BCUT2D eigenvalue weighted by Crippen LogP contribution is 2.30. The van der Waals surface area contributed by atoms with Crippen LogP contribution in [0.4, 0.5) is 8.78 Å². The topological polar surface area (TPSA) is 46.2 Å². The van der Waals surface area contributed by atoms with Crippen LogP contribution in [-0.2, 0) is 5.54 Å². The van der Waals surface area contributed by atoms with Gasteiger partial charge in [-0.25, -0.2) is 8.78 Å². The van der Waals surface area contributed by atoms with Crippen molar-refractivity contribution >= 4 is 11.6 Å². The molecule has 0 aliphatic carbocycles. The molecule has 14 heavy (non-hydrogen) atoms. The van der Waals surface area contributed by atoms with Crippen molar-refractivity contribution < 1.29 is 13.9 Å². The van der Waals surface area contributed by atoms with Crippen molar-refractivity contribution in [2.24, 2.45) is 5.73 Å². The first-order valence-corrected chi connectivity index (χ1v) is 4.31. The van der Waals surface area contributed by atoms with Gasteiger partial charge in [-0.3, -0.25) is 0 Å². The molecule has 1 atom stereocenters. The van der Waals surface area contributed by atoms with Crippen LogP contribution >= 0.6 is 11.6 Å². The third-order valence-corrected chi connectivity index (χ3v) is 2.31. The Morgan fingerprint density at radius 3 is 2.43 bits per heavy atom. The molecule has 0 aliphatic heterocycles. The number of rotatable bonds is 2. The van der Waals surface area contributed by atoms with Crippen molar-refractivity contribution in [1.82, 2.24) is 0 Å². The maximum Gasteiger partial charge on any atom is 0.142 e. The summed E-state index contributed by atoms with van der Waals surface area (Å²) in [6, 6.07) is 1.84. The molecular formula is C9H10ClF2NO. The molecule has 0 saturated heterocycles. The SMILES string of the molecule is CC(N)(CO)c1c(F)ccc(F)c1Cl. The third kappa shape index (κ3) is 1.87. The molecule has 1 rings (SSSR count). The molecule has 0 radical (unpaired) electrons. The zero-order valence-electron chi connectivity index (χ0n) is 7.52. The minimum absolute atomic E-state index is 0.207. The Morgan fingerprint density at radius 1 is 1.43 bits per heavy atom. The Kier molecular flexibility index (Phi) is 3.09. The van der Waals surface area contributed by atoms with Crippen molar-refractivity contribution in [2.45, 2.75) is 12.5 Å². The van der Waals surface area contributed by atoms with Gasteiger partial charge in [-0.05, 0) is 19.1 Å². The van der Waals surface area contributed by atoms with Gasteiger partial charge >= 0.3 is 0 Å². The molecule has 1 unspecified atom stereocenters. The van der Waals surface area contributed by atoms with E-state index in [-0.39, 0.29) is 10.6 Å². The quantitative estimate of drug-likeness (QED) is 0.748. The van der Waals surface area contributed by atoms with Crippen LogP contribution in [0.1, 0.15) is 12.5 Å². The molecule has 0 heterocycles. The summed E-state index contributed by atoms with van der Waals surface area (Å²) in [7, 11) is 0. The van der Waals surface area contributed by atoms with E-state index in [4.69, 9.17) is 22.4 Å². The van der Waals surface area contributed by atoms with Gasteiger partial charge in [0.05, 0.1) is 17.2 Å². The molecule has 0 fully saturated rings. The van der Waals surface area contributed by atoms with Gasteiger partial charge in [0, 0.05) is 5.56 Å². The molecule has 0 aromatic heterocycles. The first-order chi connectivity index (χ1) is 6.40.